The molecular weight excluding hydrogens is 290 g/mol. The van der Waals surface area contributed by atoms with Gasteiger partial charge in [-0.2, -0.15) is 0 Å². The number of rotatable bonds is 7. The van der Waals surface area contributed by atoms with Crippen molar-refractivity contribution < 1.29 is 9.47 Å². The molecule has 2 N–H and O–H groups in total. The molecule has 1 fully saturated rings. The first-order chi connectivity index (χ1) is 11.2. The monoisotopic (exact) mass is 319 g/mol. The molecule has 1 atom stereocenters. The molecular formula is C18H29N3O2. The van der Waals surface area contributed by atoms with Crippen molar-refractivity contribution in [3.63, 3.8) is 0 Å². The van der Waals surface area contributed by atoms with Crippen LogP contribution in [0.4, 0.5) is 0 Å². The summed E-state index contributed by atoms with van der Waals surface area (Å²) in [5, 5.41) is 6.64. The summed E-state index contributed by atoms with van der Waals surface area (Å²) >= 11 is 0. The zero-order valence-electron chi connectivity index (χ0n) is 14.5. The average Bonchev–Trinajstić information content (AvgIpc) is 3.07. The Balaban J connectivity index is 1.72. The highest BCUT2D eigenvalue weighted by Crippen LogP contribution is 2.13. The highest BCUT2D eigenvalue weighted by atomic mass is 16.5. The van der Waals surface area contributed by atoms with Crippen LogP contribution in [0.2, 0.25) is 0 Å². The van der Waals surface area contributed by atoms with E-state index in [2.05, 4.69) is 41.6 Å². The quantitative estimate of drug-likeness (QED) is 0.599. The van der Waals surface area contributed by atoms with Gasteiger partial charge in [0.25, 0.3) is 0 Å². The first-order valence-corrected chi connectivity index (χ1v) is 8.45. The Bertz CT molecular complexity index is 480. The number of aliphatic imine (C=N–C) groups is 1. The third-order valence-corrected chi connectivity index (χ3v) is 3.71. The fourth-order valence-corrected chi connectivity index (χ4v) is 2.39. The minimum Gasteiger partial charge on any atom is -0.493 e. The minimum atomic E-state index is 0.311. The number of hydrogen-bond donors (Lipinski definition) is 2. The standard InChI is InChI=1S/C18H29N3O2/c1-14(2)13-23-16-8-6-15(7-9-16)11-20-18(19-3)21-12-17-5-4-10-22-17/h6-9,14,17H,4-5,10-13H2,1-3H3,(H2,19,20,21). The maximum absolute atomic E-state index is 5.69. The van der Waals surface area contributed by atoms with Crippen LogP contribution in [0.25, 0.3) is 0 Å². The number of nitrogens with one attached hydrogen (secondary N) is 2. The van der Waals surface area contributed by atoms with Crippen LogP contribution in [0.5, 0.6) is 5.75 Å². The normalized spacial score (nSPS) is 18.3. The molecule has 23 heavy (non-hydrogen) atoms. The number of nitrogens with zero attached hydrogens (tertiary/aromatic N) is 1. The molecule has 0 saturated carbocycles. The highest BCUT2D eigenvalue weighted by molar-refractivity contribution is 5.79. The molecule has 1 aliphatic rings. The Morgan fingerprint density at radius 3 is 2.70 bits per heavy atom. The van der Waals surface area contributed by atoms with E-state index < -0.39 is 0 Å². The second-order valence-corrected chi connectivity index (χ2v) is 6.29. The van der Waals surface area contributed by atoms with Gasteiger partial charge in [-0.05, 0) is 36.5 Å². The van der Waals surface area contributed by atoms with Gasteiger partial charge in [-0.3, -0.25) is 4.99 Å². The lowest BCUT2D eigenvalue weighted by molar-refractivity contribution is 0.114. The summed E-state index contributed by atoms with van der Waals surface area (Å²) in [5.41, 5.74) is 1.20. The van der Waals surface area contributed by atoms with Crippen molar-refractivity contribution >= 4 is 5.96 Å². The van der Waals surface area contributed by atoms with Gasteiger partial charge in [0.2, 0.25) is 0 Å². The van der Waals surface area contributed by atoms with Crippen molar-refractivity contribution in [2.75, 3.05) is 26.8 Å². The first kappa shape index (κ1) is 17.6. The van der Waals surface area contributed by atoms with Gasteiger partial charge < -0.3 is 20.1 Å². The largest absolute Gasteiger partial charge is 0.493 e. The summed E-state index contributed by atoms with van der Waals surface area (Å²) in [6.07, 6.45) is 2.59. The van der Waals surface area contributed by atoms with Gasteiger partial charge in [-0.1, -0.05) is 26.0 Å². The Hall–Kier alpha value is -1.75. The van der Waals surface area contributed by atoms with E-state index in [-0.39, 0.29) is 0 Å². The van der Waals surface area contributed by atoms with Crippen molar-refractivity contribution in [3.05, 3.63) is 29.8 Å². The van der Waals surface area contributed by atoms with Gasteiger partial charge in [0.1, 0.15) is 5.75 Å². The Morgan fingerprint density at radius 2 is 2.09 bits per heavy atom. The minimum absolute atomic E-state index is 0.311. The van der Waals surface area contributed by atoms with E-state index in [9.17, 15) is 0 Å². The summed E-state index contributed by atoms with van der Waals surface area (Å²) in [4.78, 5) is 4.24. The van der Waals surface area contributed by atoms with Crippen LogP contribution in [-0.2, 0) is 11.3 Å². The summed E-state index contributed by atoms with van der Waals surface area (Å²) < 4.78 is 11.3. The molecule has 1 aliphatic heterocycles. The Kier molecular flexibility index (Phi) is 7.20. The van der Waals surface area contributed by atoms with E-state index >= 15 is 0 Å². The van der Waals surface area contributed by atoms with Gasteiger partial charge in [0, 0.05) is 26.7 Å². The van der Waals surface area contributed by atoms with E-state index in [4.69, 9.17) is 9.47 Å². The third-order valence-electron chi connectivity index (χ3n) is 3.71. The van der Waals surface area contributed by atoms with Gasteiger partial charge >= 0.3 is 0 Å². The van der Waals surface area contributed by atoms with Crippen LogP contribution in [0.1, 0.15) is 32.3 Å². The average molecular weight is 319 g/mol. The van der Waals surface area contributed by atoms with Crippen LogP contribution in [0.3, 0.4) is 0 Å². The molecule has 2 rings (SSSR count). The Labute approximate surface area is 139 Å². The summed E-state index contributed by atoms with van der Waals surface area (Å²) in [5.74, 6) is 2.26. The topological polar surface area (TPSA) is 54.9 Å². The molecule has 0 radical (unpaired) electrons. The lowest BCUT2D eigenvalue weighted by Crippen LogP contribution is -2.40. The predicted molar refractivity (Wildman–Crippen MR) is 94.0 cm³/mol. The van der Waals surface area contributed by atoms with Gasteiger partial charge in [-0.25, -0.2) is 0 Å². The molecule has 0 aliphatic carbocycles. The molecule has 1 heterocycles. The van der Waals surface area contributed by atoms with Crippen LogP contribution < -0.4 is 15.4 Å². The molecule has 5 heteroatoms. The lowest BCUT2D eigenvalue weighted by Gasteiger charge is -2.15. The fraction of sp³-hybridized carbons (Fsp3) is 0.611. The summed E-state index contributed by atoms with van der Waals surface area (Å²) in [6.45, 7) is 7.46. The third kappa shape index (κ3) is 6.48. The molecule has 0 aromatic heterocycles. The first-order valence-electron chi connectivity index (χ1n) is 8.45. The number of guanidine groups is 1. The van der Waals surface area contributed by atoms with Crippen molar-refractivity contribution in [1.82, 2.24) is 10.6 Å². The SMILES string of the molecule is CN=C(NCc1ccc(OCC(C)C)cc1)NCC1CCCO1. The number of hydrogen-bond acceptors (Lipinski definition) is 3. The zero-order valence-corrected chi connectivity index (χ0v) is 14.5. The second-order valence-electron chi connectivity index (χ2n) is 6.29. The number of ether oxygens (including phenoxy) is 2. The molecule has 0 bridgehead atoms. The molecule has 128 valence electrons. The molecule has 1 aromatic carbocycles. The zero-order chi connectivity index (χ0) is 16.5. The smallest absolute Gasteiger partial charge is 0.191 e. The molecule has 0 spiro atoms. The predicted octanol–water partition coefficient (Wildman–Crippen LogP) is 2.57. The lowest BCUT2D eigenvalue weighted by atomic mass is 10.2. The second kappa shape index (κ2) is 9.40. The van der Waals surface area contributed by atoms with E-state index in [1.54, 1.807) is 7.05 Å². The van der Waals surface area contributed by atoms with E-state index in [1.165, 1.54) is 5.56 Å². The van der Waals surface area contributed by atoms with E-state index in [0.717, 1.165) is 50.9 Å². The van der Waals surface area contributed by atoms with Crippen molar-refractivity contribution in [3.8, 4) is 5.75 Å². The summed E-state index contributed by atoms with van der Waals surface area (Å²) in [6, 6.07) is 8.19. The van der Waals surface area contributed by atoms with Crippen molar-refractivity contribution in [2.24, 2.45) is 10.9 Å². The Morgan fingerprint density at radius 1 is 1.30 bits per heavy atom. The van der Waals surface area contributed by atoms with E-state index in [1.807, 2.05) is 12.1 Å². The van der Waals surface area contributed by atoms with Crippen LogP contribution >= 0.6 is 0 Å². The van der Waals surface area contributed by atoms with Crippen LogP contribution in [-0.4, -0.2) is 38.9 Å². The molecule has 1 saturated heterocycles. The van der Waals surface area contributed by atoms with Gasteiger partial charge in [-0.15, -0.1) is 0 Å². The highest BCUT2D eigenvalue weighted by Gasteiger charge is 2.15. The molecule has 0 amide bonds. The van der Waals surface area contributed by atoms with Crippen molar-refractivity contribution in [2.45, 2.75) is 39.3 Å². The van der Waals surface area contributed by atoms with Crippen LogP contribution in [0.15, 0.2) is 29.3 Å². The number of benzene rings is 1. The fourth-order valence-electron chi connectivity index (χ4n) is 2.39. The van der Waals surface area contributed by atoms with Crippen LogP contribution in [0, 0.1) is 5.92 Å². The molecule has 1 unspecified atom stereocenters. The molecule has 5 nitrogen and oxygen atoms in total. The maximum Gasteiger partial charge on any atom is 0.191 e. The van der Waals surface area contributed by atoms with Gasteiger partial charge in [0.15, 0.2) is 5.96 Å². The summed E-state index contributed by atoms with van der Waals surface area (Å²) in [7, 11) is 1.79. The van der Waals surface area contributed by atoms with Crippen molar-refractivity contribution in [1.29, 1.82) is 0 Å². The maximum atomic E-state index is 5.69. The van der Waals surface area contributed by atoms with Gasteiger partial charge in [0.05, 0.1) is 12.7 Å². The van der Waals surface area contributed by atoms with E-state index in [0.29, 0.717) is 12.0 Å². The molecule has 1 aromatic rings.